The van der Waals surface area contributed by atoms with Crippen molar-refractivity contribution in [2.75, 3.05) is 19.0 Å². The maximum absolute atomic E-state index is 12.2. The Balaban J connectivity index is 2.97. The molecule has 110 valence electrons. The number of carbonyl (C=O) groups excluding carboxylic acids is 2. The minimum atomic E-state index is -0.678. The van der Waals surface area contributed by atoms with Crippen molar-refractivity contribution in [1.82, 2.24) is 5.32 Å². The van der Waals surface area contributed by atoms with Gasteiger partial charge in [0.25, 0.3) is 0 Å². The molecule has 2 N–H and O–H groups in total. The molecule has 20 heavy (non-hydrogen) atoms. The first-order valence-electron chi connectivity index (χ1n) is 6.57. The number of aryl methyl sites for hydroxylation is 1. The van der Waals surface area contributed by atoms with E-state index in [-0.39, 0.29) is 5.91 Å². The van der Waals surface area contributed by atoms with Crippen molar-refractivity contribution < 1.29 is 14.3 Å². The summed E-state index contributed by atoms with van der Waals surface area (Å²) in [6.07, 6.45) is 0. The second-order valence-corrected chi connectivity index (χ2v) is 5.13. The van der Waals surface area contributed by atoms with Gasteiger partial charge in [-0.1, -0.05) is 13.0 Å². The highest BCUT2D eigenvalue weighted by molar-refractivity contribution is 5.99. The Morgan fingerprint density at radius 2 is 1.95 bits per heavy atom. The van der Waals surface area contributed by atoms with Crippen molar-refractivity contribution in [3.63, 3.8) is 0 Å². The van der Waals surface area contributed by atoms with Crippen LogP contribution in [0.15, 0.2) is 18.2 Å². The van der Waals surface area contributed by atoms with Crippen LogP contribution in [0.3, 0.4) is 0 Å². The van der Waals surface area contributed by atoms with Crippen molar-refractivity contribution in [2.45, 2.75) is 33.2 Å². The van der Waals surface area contributed by atoms with Crippen molar-refractivity contribution >= 4 is 17.6 Å². The van der Waals surface area contributed by atoms with Crippen LogP contribution < -0.4 is 10.6 Å². The van der Waals surface area contributed by atoms with Crippen LogP contribution in [0.5, 0.6) is 0 Å². The smallest absolute Gasteiger partial charge is 0.337 e. The molecule has 0 aliphatic rings. The summed E-state index contributed by atoms with van der Waals surface area (Å²) in [6.45, 7) is 8.13. The van der Waals surface area contributed by atoms with E-state index in [1.807, 2.05) is 27.7 Å². The fraction of sp³-hybridized carbons (Fsp3) is 0.467. The van der Waals surface area contributed by atoms with Gasteiger partial charge in [-0.2, -0.15) is 0 Å². The summed E-state index contributed by atoms with van der Waals surface area (Å²) in [6, 6.07) is 5.08. The molecular formula is C15H22N2O3. The lowest BCUT2D eigenvalue weighted by Crippen LogP contribution is -2.49. The molecule has 0 atom stereocenters. The number of likely N-dealkylation sites (N-methyl/N-ethyl adjacent to an activating group) is 1. The zero-order valence-corrected chi connectivity index (χ0v) is 12.7. The highest BCUT2D eigenvalue weighted by Crippen LogP contribution is 2.19. The van der Waals surface area contributed by atoms with E-state index < -0.39 is 11.5 Å². The predicted molar refractivity (Wildman–Crippen MR) is 78.9 cm³/mol. The van der Waals surface area contributed by atoms with Gasteiger partial charge in [0.15, 0.2) is 0 Å². The second kappa shape index (κ2) is 6.52. The lowest BCUT2D eigenvalue weighted by molar-refractivity contribution is -0.121. The monoisotopic (exact) mass is 278 g/mol. The summed E-state index contributed by atoms with van der Waals surface area (Å²) in [5.41, 5.74) is 1.24. The number of carbonyl (C=O) groups is 2. The van der Waals surface area contributed by atoms with Crippen LogP contribution >= 0.6 is 0 Å². The molecule has 0 radical (unpaired) electrons. The van der Waals surface area contributed by atoms with Gasteiger partial charge >= 0.3 is 5.97 Å². The molecule has 0 bridgehead atoms. The van der Waals surface area contributed by atoms with Gasteiger partial charge < -0.3 is 15.4 Å². The minimum Gasteiger partial charge on any atom is -0.465 e. The number of amides is 1. The minimum absolute atomic E-state index is 0.149. The molecule has 5 nitrogen and oxygen atoms in total. The quantitative estimate of drug-likeness (QED) is 0.809. The molecule has 1 aromatic carbocycles. The summed E-state index contributed by atoms with van der Waals surface area (Å²) in [7, 11) is 1.33. The first kappa shape index (κ1) is 16.2. The first-order valence-corrected chi connectivity index (χ1v) is 6.57. The van der Waals surface area contributed by atoms with Gasteiger partial charge in [-0.15, -0.1) is 0 Å². The Bertz CT molecular complexity index is 510. The SMILES string of the molecule is CCNC(C)(C)C(=O)Nc1cc(C(=O)OC)ccc1C. The Morgan fingerprint density at radius 1 is 1.30 bits per heavy atom. The van der Waals surface area contributed by atoms with E-state index in [9.17, 15) is 9.59 Å². The third-order valence-electron chi connectivity index (χ3n) is 3.09. The number of nitrogens with one attached hydrogen (secondary N) is 2. The lowest BCUT2D eigenvalue weighted by Gasteiger charge is -2.25. The lowest BCUT2D eigenvalue weighted by atomic mass is 10.0. The maximum atomic E-state index is 12.2. The first-order chi connectivity index (χ1) is 9.31. The van der Waals surface area contributed by atoms with E-state index in [1.54, 1.807) is 18.2 Å². The molecule has 1 aromatic rings. The van der Waals surface area contributed by atoms with Crippen molar-refractivity contribution in [3.05, 3.63) is 29.3 Å². The Hall–Kier alpha value is -1.88. The van der Waals surface area contributed by atoms with Gasteiger partial charge in [-0.25, -0.2) is 4.79 Å². The fourth-order valence-electron chi connectivity index (χ4n) is 1.80. The average Bonchev–Trinajstić information content (AvgIpc) is 2.40. The van der Waals surface area contributed by atoms with Crippen LogP contribution in [0.4, 0.5) is 5.69 Å². The molecule has 0 unspecified atom stereocenters. The maximum Gasteiger partial charge on any atom is 0.337 e. The molecule has 0 saturated carbocycles. The molecule has 0 fully saturated rings. The number of rotatable bonds is 5. The van der Waals surface area contributed by atoms with Crippen molar-refractivity contribution in [1.29, 1.82) is 0 Å². The van der Waals surface area contributed by atoms with Gasteiger partial charge in [0, 0.05) is 5.69 Å². The molecule has 5 heteroatoms. The highest BCUT2D eigenvalue weighted by Gasteiger charge is 2.26. The van der Waals surface area contributed by atoms with Crippen LogP contribution in [0.1, 0.15) is 36.7 Å². The van der Waals surface area contributed by atoms with E-state index >= 15 is 0 Å². The number of hydrogen-bond donors (Lipinski definition) is 2. The predicted octanol–water partition coefficient (Wildman–Crippen LogP) is 2.11. The van der Waals surface area contributed by atoms with Gasteiger partial charge in [0.1, 0.15) is 0 Å². The van der Waals surface area contributed by atoms with Gasteiger partial charge in [0.05, 0.1) is 18.2 Å². The van der Waals surface area contributed by atoms with Gasteiger partial charge in [0.2, 0.25) is 5.91 Å². The molecule has 0 saturated heterocycles. The van der Waals surface area contributed by atoms with E-state index in [0.717, 1.165) is 5.56 Å². The zero-order valence-electron chi connectivity index (χ0n) is 12.7. The molecular weight excluding hydrogens is 256 g/mol. The number of benzene rings is 1. The number of esters is 1. The molecule has 0 aliphatic carbocycles. The van der Waals surface area contributed by atoms with E-state index in [4.69, 9.17) is 0 Å². The van der Waals surface area contributed by atoms with Crippen molar-refractivity contribution in [2.24, 2.45) is 0 Å². The summed E-state index contributed by atoms with van der Waals surface area (Å²) < 4.78 is 4.68. The third-order valence-corrected chi connectivity index (χ3v) is 3.09. The molecule has 0 aliphatic heterocycles. The number of anilines is 1. The molecule has 0 spiro atoms. The summed E-state index contributed by atoms with van der Waals surface area (Å²) in [5.74, 6) is -0.573. The summed E-state index contributed by atoms with van der Waals surface area (Å²) in [5, 5.41) is 5.95. The van der Waals surface area contributed by atoms with Crippen LogP contribution in [0.2, 0.25) is 0 Å². The van der Waals surface area contributed by atoms with Crippen LogP contribution in [0.25, 0.3) is 0 Å². The normalized spacial score (nSPS) is 11.1. The van der Waals surface area contributed by atoms with E-state index in [0.29, 0.717) is 17.8 Å². The van der Waals surface area contributed by atoms with Gasteiger partial charge in [-0.3, -0.25) is 4.79 Å². The average molecular weight is 278 g/mol. The molecule has 1 rings (SSSR count). The Kier molecular flexibility index (Phi) is 5.27. The van der Waals surface area contributed by atoms with Crippen LogP contribution in [-0.2, 0) is 9.53 Å². The van der Waals surface area contributed by atoms with Crippen LogP contribution in [0, 0.1) is 6.92 Å². The summed E-state index contributed by atoms with van der Waals surface area (Å²) in [4.78, 5) is 23.8. The topological polar surface area (TPSA) is 67.4 Å². The largest absolute Gasteiger partial charge is 0.465 e. The fourth-order valence-corrected chi connectivity index (χ4v) is 1.80. The number of ether oxygens (including phenoxy) is 1. The molecule has 0 aromatic heterocycles. The molecule has 1 amide bonds. The van der Waals surface area contributed by atoms with Crippen LogP contribution in [-0.4, -0.2) is 31.1 Å². The van der Waals surface area contributed by atoms with Crippen molar-refractivity contribution in [3.8, 4) is 0 Å². The second-order valence-electron chi connectivity index (χ2n) is 5.13. The standard InChI is InChI=1S/C15H22N2O3/c1-6-16-15(3,4)14(19)17-12-9-11(13(18)20-5)8-7-10(12)2/h7-9,16H,6H2,1-5H3,(H,17,19). The number of methoxy groups -OCH3 is 1. The third kappa shape index (κ3) is 3.81. The summed E-state index contributed by atoms with van der Waals surface area (Å²) >= 11 is 0. The molecule has 0 heterocycles. The Morgan fingerprint density at radius 3 is 2.50 bits per heavy atom. The Labute approximate surface area is 119 Å². The number of hydrogen-bond acceptors (Lipinski definition) is 4. The van der Waals surface area contributed by atoms with E-state index in [1.165, 1.54) is 7.11 Å². The van der Waals surface area contributed by atoms with Gasteiger partial charge in [-0.05, 0) is 45.0 Å². The highest BCUT2D eigenvalue weighted by atomic mass is 16.5. The zero-order chi connectivity index (χ0) is 15.3. The van der Waals surface area contributed by atoms with E-state index in [2.05, 4.69) is 15.4 Å².